The van der Waals surface area contributed by atoms with Crippen LogP contribution in [0, 0.1) is 13.8 Å². The van der Waals surface area contributed by atoms with E-state index in [1.165, 1.54) is 0 Å². The molecule has 2 N–H and O–H groups in total. The third kappa shape index (κ3) is 2.18. The normalized spacial score (nSPS) is 10.7. The number of aryl methyl sites for hydroxylation is 2. The van der Waals surface area contributed by atoms with Crippen LogP contribution in [0.25, 0.3) is 10.8 Å². The van der Waals surface area contributed by atoms with E-state index in [1.54, 1.807) is 6.20 Å². The number of rotatable bonds is 2. The van der Waals surface area contributed by atoms with Crippen molar-refractivity contribution in [2.45, 2.75) is 13.8 Å². The molecule has 100 valence electrons. The monoisotopic (exact) mass is 264 g/mol. The molecule has 3 nitrogen and oxygen atoms in total. The van der Waals surface area contributed by atoms with Crippen molar-refractivity contribution in [1.82, 2.24) is 4.98 Å². The van der Waals surface area contributed by atoms with Gasteiger partial charge in [0.1, 0.15) is 11.5 Å². The second kappa shape index (κ2) is 4.85. The first-order valence-electron chi connectivity index (χ1n) is 6.53. The zero-order valence-corrected chi connectivity index (χ0v) is 11.6. The van der Waals surface area contributed by atoms with Gasteiger partial charge in [0, 0.05) is 28.4 Å². The van der Waals surface area contributed by atoms with Gasteiger partial charge in [-0.05, 0) is 43.7 Å². The van der Waals surface area contributed by atoms with E-state index in [2.05, 4.69) is 4.98 Å². The fourth-order valence-corrected chi connectivity index (χ4v) is 2.22. The molecule has 0 aliphatic rings. The van der Waals surface area contributed by atoms with E-state index in [0.717, 1.165) is 33.5 Å². The van der Waals surface area contributed by atoms with Gasteiger partial charge in [-0.1, -0.05) is 18.2 Å². The Bertz CT molecular complexity index is 781. The molecule has 0 fully saturated rings. The third-order valence-electron chi connectivity index (χ3n) is 3.34. The van der Waals surface area contributed by atoms with Gasteiger partial charge in [-0.2, -0.15) is 0 Å². The zero-order valence-electron chi connectivity index (χ0n) is 11.6. The van der Waals surface area contributed by atoms with E-state index in [4.69, 9.17) is 10.5 Å². The molecule has 0 saturated heterocycles. The molecule has 3 heteroatoms. The summed E-state index contributed by atoms with van der Waals surface area (Å²) in [6, 6.07) is 13.7. The maximum absolute atomic E-state index is 6.05. The number of benzene rings is 2. The Morgan fingerprint density at radius 1 is 0.950 bits per heavy atom. The van der Waals surface area contributed by atoms with Gasteiger partial charge in [0.15, 0.2) is 0 Å². The number of fused-ring (bicyclic) bond motifs is 1. The maximum Gasteiger partial charge on any atom is 0.135 e. The number of para-hydroxylation sites is 1. The number of nitrogens with two attached hydrogens (primary N) is 1. The molecule has 20 heavy (non-hydrogen) atoms. The van der Waals surface area contributed by atoms with Crippen molar-refractivity contribution in [3.05, 3.63) is 59.9 Å². The first-order chi connectivity index (χ1) is 9.65. The van der Waals surface area contributed by atoms with E-state index in [1.807, 2.05) is 56.3 Å². The van der Waals surface area contributed by atoms with Gasteiger partial charge in [-0.3, -0.25) is 4.98 Å². The summed E-state index contributed by atoms with van der Waals surface area (Å²) in [5.74, 6) is 1.65. The topological polar surface area (TPSA) is 48.1 Å². The summed E-state index contributed by atoms with van der Waals surface area (Å²) >= 11 is 0. The van der Waals surface area contributed by atoms with Crippen molar-refractivity contribution < 1.29 is 4.74 Å². The molecule has 0 aliphatic carbocycles. The predicted molar refractivity (Wildman–Crippen MR) is 82.1 cm³/mol. The van der Waals surface area contributed by atoms with Gasteiger partial charge >= 0.3 is 0 Å². The lowest BCUT2D eigenvalue weighted by Gasteiger charge is -2.12. The van der Waals surface area contributed by atoms with Crippen molar-refractivity contribution in [1.29, 1.82) is 0 Å². The van der Waals surface area contributed by atoms with E-state index in [0.29, 0.717) is 5.69 Å². The minimum Gasteiger partial charge on any atom is -0.456 e. The van der Waals surface area contributed by atoms with E-state index < -0.39 is 0 Å². The Labute approximate surface area is 118 Å². The smallest absolute Gasteiger partial charge is 0.135 e. The molecule has 0 aliphatic heterocycles. The van der Waals surface area contributed by atoms with Crippen LogP contribution in [0.3, 0.4) is 0 Å². The zero-order chi connectivity index (χ0) is 14.1. The van der Waals surface area contributed by atoms with Crippen LogP contribution in [0.5, 0.6) is 11.5 Å². The highest BCUT2D eigenvalue weighted by molar-refractivity contribution is 5.96. The van der Waals surface area contributed by atoms with Crippen LogP contribution in [-0.2, 0) is 0 Å². The predicted octanol–water partition coefficient (Wildman–Crippen LogP) is 4.23. The Kier molecular flexibility index (Phi) is 3.03. The first-order valence-corrected chi connectivity index (χ1v) is 6.53. The maximum atomic E-state index is 6.05. The highest BCUT2D eigenvalue weighted by atomic mass is 16.5. The van der Waals surface area contributed by atoms with E-state index >= 15 is 0 Å². The SMILES string of the molecule is Cc1cc2c(Oc3ccccc3C)ccc(N)c2cn1. The summed E-state index contributed by atoms with van der Waals surface area (Å²) in [4.78, 5) is 4.30. The summed E-state index contributed by atoms with van der Waals surface area (Å²) in [6.45, 7) is 3.99. The summed E-state index contributed by atoms with van der Waals surface area (Å²) in [5.41, 5.74) is 8.76. The largest absolute Gasteiger partial charge is 0.456 e. The van der Waals surface area contributed by atoms with Gasteiger partial charge in [-0.15, -0.1) is 0 Å². The van der Waals surface area contributed by atoms with Crippen LogP contribution < -0.4 is 10.5 Å². The lowest BCUT2D eigenvalue weighted by molar-refractivity contribution is 0.484. The fraction of sp³-hybridized carbons (Fsp3) is 0.118. The number of nitrogen functional groups attached to an aromatic ring is 1. The van der Waals surface area contributed by atoms with Crippen LogP contribution in [0.4, 0.5) is 5.69 Å². The Balaban J connectivity index is 2.15. The number of pyridine rings is 1. The standard InChI is InChI=1S/C17H16N2O/c1-11-5-3-4-6-16(11)20-17-8-7-15(18)14-10-19-12(2)9-13(14)17/h3-10H,18H2,1-2H3. The van der Waals surface area contributed by atoms with Crippen molar-refractivity contribution in [2.24, 2.45) is 0 Å². The van der Waals surface area contributed by atoms with Crippen LogP contribution in [0.15, 0.2) is 48.7 Å². The number of hydrogen-bond donors (Lipinski definition) is 1. The lowest BCUT2D eigenvalue weighted by Crippen LogP contribution is -1.93. The molecule has 2 aromatic carbocycles. The van der Waals surface area contributed by atoms with Crippen LogP contribution >= 0.6 is 0 Å². The van der Waals surface area contributed by atoms with Crippen LogP contribution in [0.1, 0.15) is 11.3 Å². The van der Waals surface area contributed by atoms with Gasteiger partial charge in [0.25, 0.3) is 0 Å². The van der Waals surface area contributed by atoms with Gasteiger partial charge in [0.2, 0.25) is 0 Å². The van der Waals surface area contributed by atoms with Crippen LogP contribution in [0.2, 0.25) is 0 Å². The van der Waals surface area contributed by atoms with Crippen molar-refractivity contribution in [2.75, 3.05) is 5.73 Å². The molecule has 3 rings (SSSR count). The average Bonchev–Trinajstić information content (AvgIpc) is 2.44. The Morgan fingerprint density at radius 2 is 1.75 bits per heavy atom. The first kappa shape index (κ1) is 12.5. The minimum atomic E-state index is 0.713. The molecular formula is C17H16N2O. The molecule has 3 aromatic rings. The molecule has 0 atom stereocenters. The molecule has 0 radical (unpaired) electrons. The van der Waals surface area contributed by atoms with E-state index in [-0.39, 0.29) is 0 Å². The van der Waals surface area contributed by atoms with Crippen LogP contribution in [-0.4, -0.2) is 4.98 Å². The highest BCUT2D eigenvalue weighted by Gasteiger charge is 2.08. The van der Waals surface area contributed by atoms with E-state index in [9.17, 15) is 0 Å². The summed E-state index contributed by atoms with van der Waals surface area (Å²) < 4.78 is 6.05. The molecule has 0 saturated carbocycles. The molecule has 1 aromatic heterocycles. The highest BCUT2D eigenvalue weighted by Crippen LogP contribution is 2.34. The number of ether oxygens (including phenoxy) is 1. The van der Waals surface area contributed by atoms with Crippen molar-refractivity contribution in [3.63, 3.8) is 0 Å². The van der Waals surface area contributed by atoms with Crippen molar-refractivity contribution >= 4 is 16.5 Å². The van der Waals surface area contributed by atoms with Gasteiger partial charge in [0.05, 0.1) is 0 Å². The average molecular weight is 264 g/mol. The molecule has 0 spiro atoms. The second-order valence-corrected chi connectivity index (χ2v) is 4.89. The Hall–Kier alpha value is -2.55. The van der Waals surface area contributed by atoms with Crippen molar-refractivity contribution in [3.8, 4) is 11.5 Å². The summed E-state index contributed by atoms with van der Waals surface area (Å²) in [6.07, 6.45) is 1.80. The second-order valence-electron chi connectivity index (χ2n) is 4.89. The van der Waals surface area contributed by atoms with Gasteiger partial charge in [-0.25, -0.2) is 0 Å². The lowest BCUT2D eigenvalue weighted by atomic mass is 10.1. The third-order valence-corrected chi connectivity index (χ3v) is 3.34. The fourth-order valence-electron chi connectivity index (χ4n) is 2.22. The quantitative estimate of drug-likeness (QED) is 0.705. The molecule has 0 unspecified atom stereocenters. The molecule has 1 heterocycles. The summed E-state index contributed by atoms with van der Waals surface area (Å²) in [5, 5.41) is 1.91. The number of anilines is 1. The molecule has 0 amide bonds. The summed E-state index contributed by atoms with van der Waals surface area (Å²) in [7, 11) is 0. The number of aromatic nitrogens is 1. The molecular weight excluding hydrogens is 248 g/mol. The number of nitrogens with zero attached hydrogens (tertiary/aromatic N) is 1. The Morgan fingerprint density at radius 3 is 2.55 bits per heavy atom. The molecule has 0 bridgehead atoms. The number of hydrogen-bond acceptors (Lipinski definition) is 3. The minimum absolute atomic E-state index is 0.713. The van der Waals surface area contributed by atoms with Gasteiger partial charge < -0.3 is 10.5 Å².